The maximum absolute atomic E-state index is 10.5. The van der Waals surface area contributed by atoms with Gasteiger partial charge in [0.25, 0.3) is 5.69 Å². The second-order valence-corrected chi connectivity index (χ2v) is 2.99. The molecule has 0 amide bonds. The maximum atomic E-state index is 10.5. The predicted molar refractivity (Wildman–Crippen MR) is 55.4 cm³/mol. The molecule has 0 atom stereocenters. The number of nitrogens with zero attached hydrogens (tertiary/aromatic N) is 2. The normalized spacial score (nSPS) is 9.86. The van der Waals surface area contributed by atoms with Gasteiger partial charge < -0.3 is 10.6 Å². The summed E-state index contributed by atoms with van der Waals surface area (Å²) in [6, 6.07) is 6.50. The Bertz CT molecular complexity index is 328. The van der Waals surface area contributed by atoms with Crippen molar-refractivity contribution in [2.75, 3.05) is 25.0 Å². The van der Waals surface area contributed by atoms with Crippen LogP contribution in [-0.2, 0) is 0 Å². The van der Waals surface area contributed by atoms with Gasteiger partial charge in [0, 0.05) is 38.0 Å². The van der Waals surface area contributed by atoms with E-state index >= 15 is 0 Å². The molecule has 0 aromatic heterocycles. The number of hydrogen-bond donors (Lipinski definition) is 1. The first-order chi connectivity index (χ1) is 6.65. The van der Waals surface area contributed by atoms with Crippen molar-refractivity contribution in [2.24, 2.45) is 5.73 Å². The molecule has 0 bridgehead atoms. The van der Waals surface area contributed by atoms with Gasteiger partial charge >= 0.3 is 0 Å². The SMILES string of the molecule is CN(CCN)c1cccc([N+](=O)[O-])c1. The zero-order valence-corrected chi connectivity index (χ0v) is 8.01. The van der Waals surface area contributed by atoms with Crippen LogP contribution in [0, 0.1) is 10.1 Å². The Morgan fingerprint density at radius 1 is 1.57 bits per heavy atom. The third-order valence-corrected chi connectivity index (χ3v) is 1.95. The minimum atomic E-state index is -0.403. The fourth-order valence-corrected chi connectivity index (χ4v) is 1.17. The van der Waals surface area contributed by atoms with E-state index in [1.165, 1.54) is 12.1 Å². The lowest BCUT2D eigenvalue weighted by molar-refractivity contribution is -0.384. The van der Waals surface area contributed by atoms with E-state index in [1.54, 1.807) is 6.07 Å². The highest BCUT2D eigenvalue weighted by Gasteiger charge is 2.07. The first kappa shape index (κ1) is 10.5. The predicted octanol–water partition coefficient (Wildman–Crippen LogP) is 0.990. The molecule has 0 saturated heterocycles. The van der Waals surface area contributed by atoms with Crippen LogP contribution in [-0.4, -0.2) is 25.1 Å². The summed E-state index contributed by atoms with van der Waals surface area (Å²) in [7, 11) is 1.85. The summed E-state index contributed by atoms with van der Waals surface area (Å²) in [5.41, 5.74) is 6.30. The Kier molecular flexibility index (Phi) is 3.41. The molecule has 0 fully saturated rings. The van der Waals surface area contributed by atoms with Crippen LogP contribution < -0.4 is 10.6 Å². The Hall–Kier alpha value is -1.62. The van der Waals surface area contributed by atoms with Gasteiger partial charge in [0.2, 0.25) is 0 Å². The third kappa shape index (κ3) is 2.43. The van der Waals surface area contributed by atoms with Gasteiger partial charge in [0.1, 0.15) is 0 Å². The van der Waals surface area contributed by atoms with Gasteiger partial charge in [-0.05, 0) is 6.07 Å². The second-order valence-electron chi connectivity index (χ2n) is 2.99. The first-order valence-corrected chi connectivity index (χ1v) is 4.31. The third-order valence-electron chi connectivity index (χ3n) is 1.95. The van der Waals surface area contributed by atoms with Gasteiger partial charge in [-0.2, -0.15) is 0 Å². The molecular weight excluding hydrogens is 182 g/mol. The summed E-state index contributed by atoms with van der Waals surface area (Å²) >= 11 is 0. The fraction of sp³-hybridized carbons (Fsp3) is 0.333. The van der Waals surface area contributed by atoms with E-state index < -0.39 is 4.92 Å². The van der Waals surface area contributed by atoms with E-state index in [0.29, 0.717) is 13.1 Å². The molecule has 0 aliphatic carbocycles. The smallest absolute Gasteiger partial charge is 0.271 e. The number of rotatable bonds is 4. The van der Waals surface area contributed by atoms with Crippen molar-refractivity contribution in [2.45, 2.75) is 0 Å². The molecule has 2 N–H and O–H groups in total. The molecule has 14 heavy (non-hydrogen) atoms. The Morgan fingerprint density at radius 2 is 2.29 bits per heavy atom. The molecule has 0 unspecified atom stereocenters. The number of likely N-dealkylation sites (N-methyl/N-ethyl adjacent to an activating group) is 1. The van der Waals surface area contributed by atoms with Crippen molar-refractivity contribution in [3.8, 4) is 0 Å². The summed E-state index contributed by atoms with van der Waals surface area (Å²) in [6.45, 7) is 1.21. The molecule has 0 aliphatic heterocycles. The minimum Gasteiger partial charge on any atom is -0.373 e. The maximum Gasteiger partial charge on any atom is 0.271 e. The second kappa shape index (κ2) is 4.57. The molecule has 1 aromatic rings. The summed E-state index contributed by atoms with van der Waals surface area (Å²) in [4.78, 5) is 12.0. The van der Waals surface area contributed by atoms with Gasteiger partial charge in [0.05, 0.1) is 4.92 Å². The number of nitro benzene ring substituents is 1. The number of non-ortho nitro benzene ring substituents is 1. The first-order valence-electron chi connectivity index (χ1n) is 4.31. The molecule has 0 radical (unpaired) electrons. The quantitative estimate of drug-likeness (QED) is 0.574. The lowest BCUT2D eigenvalue weighted by Crippen LogP contribution is -2.24. The summed E-state index contributed by atoms with van der Waals surface area (Å²) in [5, 5.41) is 10.5. The van der Waals surface area contributed by atoms with Crippen LogP contribution in [0.3, 0.4) is 0 Å². The minimum absolute atomic E-state index is 0.103. The lowest BCUT2D eigenvalue weighted by Gasteiger charge is -2.17. The molecule has 5 heteroatoms. The molecule has 0 spiro atoms. The summed E-state index contributed by atoms with van der Waals surface area (Å²) < 4.78 is 0. The molecule has 76 valence electrons. The van der Waals surface area contributed by atoms with Crippen LogP contribution in [0.25, 0.3) is 0 Å². The van der Waals surface area contributed by atoms with E-state index in [1.807, 2.05) is 18.0 Å². The van der Waals surface area contributed by atoms with Crippen LogP contribution in [0.15, 0.2) is 24.3 Å². The standard InChI is InChI=1S/C9H13N3O2/c1-11(6-5-10)8-3-2-4-9(7-8)12(13)14/h2-4,7H,5-6,10H2,1H3. The van der Waals surface area contributed by atoms with Crippen molar-refractivity contribution >= 4 is 11.4 Å². The average molecular weight is 195 g/mol. The summed E-state index contributed by atoms with van der Waals surface area (Å²) in [6.07, 6.45) is 0. The Balaban J connectivity index is 2.87. The van der Waals surface area contributed by atoms with Crippen LogP contribution >= 0.6 is 0 Å². The highest BCUT2D eigenvalue weighted by molar-refractivity contribution is 5.52. The molecule has 1 rings (SSSR count). The average Bonchev–Trinajstić information content (AvgIpc) is 2.18. The van der Waals surface area contributed by atoms with Gasteiger partial charge in [-0.1, -0.05) is 6.07 Å². The fourth-order valence-electron chi connectivity index (χ4n) is 1.17. The van der Waals surface area contributed by atoms with Gasteiger partial charge in [0.15, 0.2) is 0 Å². The van der Waals surface area contributed by atoms with E-state index in [-0.39, 0.29) is 5.69 Å². The molecule has 0 heterocycles. The van der Waals surface area contributed by atoms with Crippen LogP contribution in [0.5, 0.6) is 0 Å². The van der Waals surface area contributed by atoms with Crippen LogP contribution in [0.2, 0.25) is 0 Å². The highest BCUT2D eigenvalue weighted by atomic mass is 16.6. The van der Waals surface area contributed by atoms with E-state index in [9.17, 15) is 10.1 Å². The van der Waals surface area contributed by atoms with E-state index in [2.05, 4.69) is 0 Å². The molecular formula is C9H13N3O2. The zero-order valence-electron chi connectivity index (χ0n) is 8.01. The number of nitro groups is 1. The van der Waals surface area contributed by atoms with E-state index in [0.717, 1.165) is 5.69 Å². The largest absolute Gasteiger partial charge is 0.373 e. The van der Waals surface area contributed by atoms with Crippen molar-refractivity contribution in [3.63, 3.8) is 0 Å². The van der Waals surface area contributed by atoms with Crippen LogP contribution in [0.1, 0.15) is 0 Å². The molecule has 0 saturated carbocycles. The molecule has 1 aromatic carbocycles. The van der Waals surface area contributed by atoms with Crippen molar-refractivity contribution in [1.29, 1.82) is 0 Å². The van der Waals surface area contributed by atoms with E-state index in [4.69, 9.17) is 5.73 Å². The molecule has 0 aliphatic rings. The Labute approximate surface area is 82.3 Å². The van der Waals surface area contributed by atoms with Crippen molar-refractivity contribution in [1.82, 2.24) is 0 Å². The molecule has 5 nitrogen and oxygen atoms in total. The number of anilines is 1. The van der Waals surface area contributed by atoms with Gasteiger partial charge in [-0.15, -0.1) is 0 Å². The zero-order chi connectivity index (χ0) is 10.6. The monoisotopic (exact) mass is 195 g/mol. The topological polar surface area (TPSA) is 72.4 Å². The Morgan fingerprint density at radius 3 is 2.86 bits per heavy atom. The van der Waals surface area contributed by atoms with Gasteiger partial charge in [-0.25, -0.2) is 0 Å². The van der Waals surface area contributed by atoms with Crippen LogP contribution in [0.4, 0.5) is 11.4 Å². The van der Waals surface area contributed by atoms with Gasteiger partial charge in [-0.3, -0.25) is 10.1 Å². The lowest BCUT2D eigenvalue weighted by atomic mass is 10.2. The number of benzene rings is 1. The summed E-state index contributed by atoms with van der Waals surface area (Å²) in [5.74, 6) is 0. The number of hydrogen-bond acceptors (Lipinski definition) is 4. The van der Waals surface area contributed by atoms with Crippen molar-refractivity contribution < 1.29 is 4.92 Å². The highest BCUT2D eigenvalue weighted by Crippen LogP contribution is 2.19. The number of nitrogens with two attached hydrogens (primary N) is 1. The van der Waals surface area contributed by atoms with Crippen molar-refractivity contribution in [3.05, 3.63) is 34.4 Å².